The van der Waals surface area contributed by atoms with E-state index in [2.05, 4.69) is 20.4 Å². The average molecular weight is 254 g/mol. The van der Waals surface area contributed by atoms with Crippen LogP contribution in [0.25, 0.3) is 11.0 Å². The van der Waals surface area contributed by atoms with Crippen molar-refractivity contribution < 1.29 is 9.32 Å². The molecule has 1 N–H and O–H groups in total. The first-order valence-corrected chi connectivity index (χ1v) is 5.68. The Balaban J connectivity index is 1.97. The summed E-state index contributed by atoms with van der Waals surface area (Å²) in [7, 11) is 0. The van der Waals surface area contributed by atoms with Crippen LogP contribution in [0, 0.1) is 6.92 Å². The Bertz CT molecular complexity index is 746. The summed E-state index contributed by atoms with van der Waals surface area (Å²) in [5, 5.41) is 6.38. The van der Waals surface area contributed by atoms with Crippen LogP contribution in [-0.4, -0.2) is 21.0 Å². The Morgan fingerprint density at radius 1 is 1.26 bits per heavy atom. The minimum Gasteiger partial charge on any atom is -0.360 e. The molecule has 3 aromatic rings. The van der Waals surface area contributed by atoms with Crippen LogP contribution in [0.5, 0.6) is 0 Å². The fourth-order valence-electron chi connectivity index (χ4n) is 1.78. The van der Waals surface area contributed by atoms with Gasteiger partial charge in [-0.2, -0.15) is 0 Å². The van der Waals surface area contributed by atoms with Crippen molar-refractivity contribution in [3.05, 3.63) is 48.0 Å². The summed E-state index contributed by atoms with van der Waals surface area (Å²) >= 11 is 0. The lowest BCUT2D eigenvalue weighted by Crippen LogP contribution is -2.13. The van der Waals surface area contributed by atoms with E-state index in [0.29, 0.717) is 28.2 Å². The molecule has 0 unspecified atom stereocenters. The summed E-state index contributed by atoms with van der Waals surface area (Å²) in [6, 6.07) is 6.91. The van der Waals surface area contributed by atoms with Crippen molar-refractivity contribution in [3.8, 4) is 0 Å². The Hall–Kier alpha value is -2.76. The van der Waals surface area contributed by atoms with Gasteiger partial charge in [0.2, 0.25) is 0 Å². The standard InChI is InChI=1S/C13H10N4O2/c1-8-7-11(17-19-8)16-13(18)9-3-2-4-10-12(9)15-6-5-14-10/h2-7H,1H3,(H,16,17,18). The number of aryl methyl sites for hydroxylation is 1. The first-order chi connectivity index (χ1) is 9.24. The van der Waals surface area contributed by atoms with E-state index in [9.17, 15) is 4.79 Å². The molecule has 0 saturated heterocycles. The van der Waals surface area contributed by atoms with Crippen LogP contribution < -0.4 is 5.32 Å². The number of hydrogen-bond acceptors (Lipinski definition) is 5. The second-order valence-electron chi connectivity index (χ2n) is 4.01. The number of para-hydroxylation sites is 1. The Labute approximate surface area is 108 Å². The number of amides is 1. The monoisotopic (exact) mass is 254 g/mol. The lowest BCUT2D eigenvalue weighted by Gasteiger charge is -2.04. The van der Waals surface area contributed by atoms with Gasteiger partial charge >= 0.3 is 0 Å². The summed E-state index contributed by atoms with van der Waals surface area (Å²) < 4.78 is 4.90. The quantitative estimate of drug-likeness (QED) is 0.758. The van der Waals surface area contributed by atoms with E-state index < -0.39 is 0 Å². The molecule has 0 atom stereocenters. The lowest BCUT2D eigenvalue weighted by atomic mass is 10.1. The largest absolute Gasteiger partial charge is 0.360 e. The van der Waals surface area contributed by atoms with Gasteiger partial charge in [0.25, 0.3) is 5.91 Å². The summed E-state index contributed by atoms with van der Waals surface area (Å²) in [6.07, 6.45) is 3.14. The smallest absolute Gasteiger partial charge is 0.259 e. The number of nitrogens with zero attached hydrogens (tertiary/aromatic N) is 3. The van der Waals surface area contributed by atoms with Gasteiger partial charge in [0.1, 0.15) is 11.3 Å². The maximum Gasteiger partial charge on any atom is 0.259 e. The molecule has 1 aromatic carbocycles. The van der Waals surface area contributed by atoms with Crippen LogP contribution in [-0.2, 0) is 0 Å². The number of carbonyl (C=O) groups excluding carboxylic acids is 1. The summed E-state index contributed by atoms with van der Waals surface area (Å²) in [5.41, 5.74) is 1.68. The topological polar surface area (TPSA) is 80.9 Å². The fourth-order valence-corrected chi connectivity index (χ4v) is 1.78. The van der Waals surface area contributed by atoms with Gasteiger partial charge in [-0.25, -0.2) is 0 Å². The van der Waals surface area contributed by atoms with Crippen LogP contribution in [0.15, 0.2) is 41.2 Å². The van der Waals surface area contributed by atoms with Crippen LogP contribution in [0.3, 0.4) is 0 Å². The van der Waals surface area contributed by atoms with E-state index in [1.807, 2.05) is 0 Å². The van der Waals surface area contributed by atoms with Crippen molar-refractivity contribution in [1.82, 2.24) is 15.1 Å². The molecule has 2 aromatic heterocycles. The minimum absolute atomic E-state index is 0.292. The molecule has 3 rings (SSSR count). The van der Waals surface area contributed by atoms with E-state index in [-0.39, 0.29) is 5.91 Å². The first-order valence-electron chi connectivity index (χ1n) is 5.68. The number of nitrogens with one attached hydrogen (secondary N) is 1. The van der Waals surface area contributed by atoms with E-state index in [4.69, 9.17) is 4.52 Å². The highest BCUT2D eigenvalue weighted by atomic mass is 16.5. The number of hydrogen-bond donors (Lipinski definition) is 1. The normalized spacial score (nSPS) is 10.6. The van der Waals surface area contributed by atoms with Crippen molar-refractivity contribution >= 4 is 22.8 Å². The molecule has 0 fully saturated rings. The lowest BCUT2D eigenvalue weighted by molar-refractivity contribution is 0.102. The van der Waals surface area contributed by atoms with Gasteiger partial charge in [-0.15, -0.1) is 0 Å². The van der Waals surface area contributed by atoms with E-state index >= 15 is 0 Å². The summed E-state index contributed by atoms with van der Waals surface area (Å²) in [5.74, 6) is 0.718. The number of carbonyl (C=O) groups is 1. The SMILES string of the molecule is Cc1cc(NC(=O)c2cccc3nccnc23)no1. The molecule has 0 aliphatic rings. The second-order valence-corrected chi connectivity index (χ2v) is 4.01. The van der Waals surface area contributed by atoms with Crippen molar-refractivity contribution in [2.45, 2.75) is 6.92 Å². The highest BCUT2D eigenvalue weighted by Crippen LogP contribution is 2.16. The number of aromatic nitrogens is 3. The highest BCUT2D eigenvalue weighted by Gasteiger charge is 2.13. The zero-order valence-corrected chi connectivity index (χ0v) is 10.1. The van der Waals surface area contributed by atoms with Gasteiger partial charge in [-0.05, 0) is 19.1 Å². The third-order valence-corrected chi connectivity index (χ3v) is 2.61. The maximum atomic E-state index is 12.2. The molecule has 6 nitrogen and oxygen atoms in total. The molecule has 19 heavy (non-hydrogen) atoms. The van der Waals surface area contributed by atoms with Gasteiger partial charge < -0.3 is 9.84 Å². The molecule has 0 aliphatic heterocycles. The van der Waals surface area contributed by atoms with Gasteiger partial charge in [0, 0.05) is 18.5 Å². The molecule has 1 amide bonds. The molecular weight excluding hydrogens is 244 g/mol. The Morgan fingerprint density at radius 2 is 2.11 bits per heavy atom. The number of benzene rings is 1. The molecule has 94 valence electrons. The molecule has 0 spiro atoms. The van der Waals surface area contributed by atoms with Crippen molar-refractivity contribution in [2.75, 3.05) is 5.32 Å². The fraction of sp³-hybridized carbons (Fsp3) is 0.0769. The molecule has 6 heteroatoms. The van der Waals surface area contributed by atoms with Gasteiger partial charge in [0.05, 0.1) is 11.1 Å². The Morgan fingerprint density at radius 3 is 2.89 bits per heavy atom. The number of fused-ring (bicyclic) bond motifs is 1. The maximum absolute atomic E-state index is 12.2. The first kappa shape index (κ1) is 11.3. The van der Waals surface area contributed by atoms with Crippen molar-refractivity contribution in [2.24, 2.45) is 0 Å². The predicted octanol–water partition coefficient (Wildman–Crippen LogP) is 2.18. The van der Waals surface area contributed by atoms with Crippen LogP contribution >= 0.6 is 0 Å². The third-order valence-electron chi connectivity index (χ3n) is 2.61. The summed E-state index contributed by atoms with van der Waals surface area (Å²) in [4.78, 5) is 20.5. The molecule has 0 saturated carbocycles. The number of rotatable bonds is 2. The third kappa shape index (κ3) is 2.15. The van der Waals surface area contributed by atoms with Gasteiger partial charge in [-0.1, -0.05) is 11.2 Å². The zero-order valence-electron chi connectivity index (χ0n) is 10.1. The van der Waals surface area contributed by atoms with Crippen LogP contribution in [0.1, 0.15) is 16.1 Å². The van der Waals surface area contributed by atoms with Crippen LogP contribution in [0.4, 0.5) is 5.82 Å². The molecule has 0 aliphatic carbocycles. The molecule has 0 radical (unpaired) electrons. The number of anilines is 1. The second kappa shape index (κ2) is 4.49. The Kier molecular flexibility index (Phi) is 2.68. The van der Waals surface area contributed by atoms with Gasteiger partial charge in [0.15, 0.2) is 5.82 Å². The molecule has 0 bridgehead atoms. The summed E-state index contributed by atoms with van der Waals surface area (Å²) in [6.45, 7) is 1.76. The zero-order chi connectivity index (χ0) is 13.2. The van der Waals surface area contributed by atoms with E-state index in [0.717, 1.165) is 0 Å². The van der Waals surface area contributed by atoms with E-state index in [1.54, 1.807) is 43.6 Å². The minimum atomic E-state index is -0.292. The molecular formula is C13H10N4O2. The molecule has 2 heterocycles. The van der Waals surface area contributed by atoms with Crippen molar-refractivity contribution in [3.63, 3.8) is 0 Å². The van der Waals surface area contributed by atoms with E-state index in [1.165, 1.54) is 0 Å². The van der Waals surface area contributed by atoms with Gasteiger partial charge in [-0.3, -0.25) is 14.8 Å². The predicted molar refractivity (Wildman–Crippen MR) is 68.7 cm³/mol. The van der Waals surface area contributed by atoms with Crippen LogP contribution in [0.2, 0.25) is 0 Å². The highest BCUT2D eigenvalue weighted by molar-refractivity contribution is 6.10. The van der Waals surface area contributed by atoms with Crippen molar-refractivity contribution in [1.29, 1.82) is 0 Å². The average Bonchev–Trinajstić information content (AvgIpc) is 2.83.